The molecule has 0 bridgehead atoms. The van der Waals surface area contributed by atoms with Gasteiger partial charge in [-0.05, 0) is 30.7 Å². The smallest absolute Gasteiger partial charge is 0.241 e. The summed E-state index contributed by atoms with van der Waals surface area (Å²) in [6, 6.07) is 2.30. The molecule has 2 aliphatic heterocycles. The van der Waals surface area contributed by atoms with Crippen molar-refractivity contribution in [2.45, 2.75) is 58.0 Å². The molecule has 2 atom stereocenters. The van der Waals surface area contributed by atoms with Crippen LogP contribution in [0.4, 0.5) is 0 Å². The molecule has 3 N–H and O–H groups in total. The highest BCUT2D eigenvalue weighted by atomic mass is 16.2. The van der Waals surface area contributed by atoms with E-state index in [4.69, 9.17) is 0 Å². The van der Waals surface area contributed by atoms with Gasteiger partial charge in [-0.2, -0.15) is 0 Å². The molecule has 0 radical (unpaired) electrons. The van der Waals surface area contributed by atoms with Gasteiger partial charge in [0, 0.05) is 43.1 Å². The van der Waals surface area contributed by atoms with Gasteiger partial charge in [0.1, 0.15) is 11.6 Å². The predicted molar refractivity (Wildman–Crippen MR) is 100 cm³/mol. The zero-order chi connectivity index (χ0) is 18.3. The zero-order valence-corrected chi connectivity index (χ0v) is 15.7. The molecule has 0 spiro atoms. The number of nitrogens with one attached hydrogen (secondary N) is 3. The summed E-state index contributed by atoms with van der Waals surface area (Å²) < 4.78 is 0. The van der Waals surface area contributed by atoms with E-state index in [1.54, 1.807) is 12.4 Å². The second kappa shape index (κ2) is 6.63. The predicted octanol–water partition coefficient (Wildman–Crippen LogP) is 1.95. The molecule has 0 aromatic carbocycles. The number of hydrogen-bond acceptors (Lipinski definition) is 5. The average molecular weight is 356 g/mol. The molecule has 140 valence electrons. The van der Waals surface area contributed by atoms with E-state index in [1.807, 2.05) is 4.90 Å². The second-order valence-electron chi connectivity index (χ2n) is 8.61. The lowest BCUT2D eigenvalue weighted by Gasteiger charge is -2.33. The van der Waals surface area contributed by atoms with Gasteiger partial charge >= 0.3 is 0 Å². The maximum Gasteiger partial charge on any atom is 0.241 e. The van der Waals surface area contributed by atoms with Gasteiger partial charge in [-0.25, -0.2) is 10.4 Å². The Balaban J connectivity index is 1.35. The molecule has 2 aromatic rings. The summed E-state index contributed by atoms with van der Waals surface area (Å²) in [7, 11) is 0. The van der Waals surface area contributed by atoms with Crippen molar-refractivity contribution in [3.05, 3.63) is 24.2 Å². The number of rotatable bonds is 2. The molecule has 0 aliphatic carbocycles. The van der Waals surface area contributed by atoms with Crippen LogP contribution in [0.5, 0.6) is 0 Å². The SMILES string of the molecule is CC(C)(C)C1CC(C(=O)N2CCC(c3cc4nccnc4[nH]3)CC2)NN1. The summed E-state index contributed by atoms with van der Waals surface area (Å²) in [4.78, 5) is 26.9. The number of carbonyl (C=O) groups excluding carboxylic acids is 1. The van der Waals surface area contributed by atoms with Crippen LogP contribution in [-0.2, 0) is 4.79 Å². The number of aromatic nitrogens is 3. The maximum absolute atomic E-state index is 12.9. The molecule has 2 saturated heterocycles. The zero-order valence-electron chi connectivity index (χ0n) is 15.7. The third-order valence-corrected chi connectivity index (χ3v) is 5.77. The van der Waals surface area contributed by atoms with Gasteiger partial charge in [0.15, 0.2) is 5.65 Å². The van der Waals surface area contributed by atoms with Crippen LogP contribution in [0, 0.1) is 5.41 Å². The molecule has 2 unspecified atom stereocenters. The van der Waals surface area contributed by atoms with Crippen molar-refractivity contribution in [2.75, 3.05) is 13.1 Å². The quantitative estimate of drug-likeness (QED) is 0.766. The van der Waals surface area contributed by atoms with Crippen LogP contribution >= 0.6 is 0 Å². The summed E-state index contributed by atoms with van der Waals surface area (Å²) in [5.41, 5.74) is 9.59. The van der Waals surface area contributed by atoms with E-state index in [2.05, 4.69) is 52.6 Å². The van der Waals surface area contributed by atoms with Crippen LogP contribution in [-0.4, -0.2) is 50.9 Å². The number of likely N-dealkylation sites (tertiary alicyclic amines) is 1. The fraction of sp³-hybridized carbons (Fsp3) is 0.632. The molecule has 7 heteroatoms. The van der Waals surface area contributed by atoms with Crippen molar-refractivity contribution >= 4 is 17.1 Å². The van der Waals surface area contributed by atoms with Crippen LogP contribution in [0.2, 0.25) is 0 Å². The number of hydrazine groups is 1. The molecule has 26 heavy (non-hydrogen) atoms. The molecule has 1 amide bonds. The minimum atomic E-state index is -0.114. The molecule has 0 saturated carbocycles. The molecule has 2 aliphatic rings. The molecule has 2 fully saturated rings. The lowest BCUT2D eigenvalue weighted by molar-refractivity contribution is -0.134. The van der Waals surface area contributed by atoms with Crippen molar-refractivity contribution in [1.29, 1.82) is 0 Å². The Morgan fingerprint density at radius 3 is 2.54 bits per heavy atom. The summed E-state index contributed by atoms with van der Waals surface area (Å²) in [6.07, 6.45) is 6.22. The monoisotopic (exact) mass is 356 g/mol. The molecular formula is C19H28N6O. The van der Waals surface area contributed by atoms with Gasteiger partial charge < -0.3 is 9.88 Å². The summed E-state index contributed by atoms with van der Waals surface area (Å²) in [5.74, 6) is 0.662. The van der Waals surface area contributed by atoms with E-state index < -0.39 is 0 Å². The third kappa shape index (κ3) is 3.33. The van der Waals surface area contributed by atoms with Crippen molar-refractivity contribution in [3.63, 3.8) is 0 Å². The maximum atomic E-state index is 12.9. The fourth-order valence-corrected chi connectivity index (χ4v) is 4.01. The molecule has 2 aromatic heterocycles. The van der Waals surface area contributed by atoms with E-state index in [9.17, 15) is 4.79 Å². The van der Waals surface area contributed by atoms with E-state index in [0.717, 1.165) is 43.5 Å². The number of hydrogen-bond donors (Lipinski definition) is 3. The van der Waals surface area contributed by atoms with Crippen molar-refractivity contribution in [2.24, 2.45) is 5.41 Å². The lowest BCUT2D eigenvalue weighted by Crippen LogP contribution is -2.48. The summed E-state index contributed by atoms with van der Waals surface area (Å²) in [6.45, 7) is 8.22. The number of carbonyl (C=O) groups is 1. The minimum Gasteiger partial charge on any atom is -0.342 e. The number of H-pyrrole nitrogens is 1. The highest BCUT2D eigenvalue weighted by molar-refractivity contribution is 5.82. The second-order valence-corrected chi connectivity index (χ2v) is 8.61. The Kier molecular flexibility index (Phi) is 4.44. The standard InChI is InChI=1S/C19H28N6O/c1-19(2,3)16-11-15(23-24-16)18(26)25-8-4-12(5-9-25)13-10-14-17(22-13)21-7-6-20-14/h6-7,10,12,15-16,23-24H,4-5,8-9,11H2,1-3H3,(H,21,22). The fourth-order valence-electron chi connectivity index (χ4n) is 4.01. The van der Waals surface area contributed by atoms with E-state index in [-0.39, 0.29) is 17.4 Å². The van der Waals surface area contributed by atoms with E-state index in [0.29, 0.717) is 12.0 Å². The Morgan fingerprint density at radius 1 is 1.15 bits per heavy atom. The van der Waals surface area contributed by atoms with Crippen LogP contribution in [0.3, 0.4) is 0 Å². The molecular weight excluding hydrogens is 328 g/mol. The largest absolute Gasteiger partial charge is 0.342 e. The number of piperidine rings is 1. The van der Waals surface area contributed by atoms with E-state index >= 15 is 0 Å². The number of aromatic amines is 1. The first kappa shape index (κ1) is 17.4. The normalized spacial score (nSPS) is 25.1. The van der Waals surface area contributed by atoms with Gasteiger partial charge in [0.05, 0.1) is 0 Å². The Labute approximate surface area is 153 Å². The highest BCUT2D eigenvalue weighted by Gasteiger charge is 2.38. The Hall–Kier alpha value is -1.99. The Bertz CT molecular complexity index is 754. The number of nitrogens with zero attached hydrogens (tertiary/aromatic N) is 3. The molecule has 4 rings (SSSR count). The van der Waals surface area contributed by atoms with Crippen molar-refractivity contribution in [3.8, 4) is 0 Å². The van der Waals surface area contributed by atoms with E-state index in [1.165, 1.54) is 5.69 Å². The highest BCUT2D eigenvalue weighted by Crippen LogP contribution is 2.30. The molecule has 7 nitrogen and oxygen atoms in total. The van der Waals surface area contributed by atoms with Gasteiger partial charge in [0.2, 0.25) is 5.91 Å². The molecule has 4 heterocycles. The van der Waals surface area contributed by atoms with Gasteiger partial charge in [-0.15, -0.1) is 0 Å². The lowest BCUT2D eigenvalue weighted by atomic mass is 9.84. The topological polar surface area (TPSA) is 85.9 Å². The first-order chi connectivity index (χ1) is 12.4. The number of fused-ring (bicyclic) bond motifs is 1. The van der Waals surface area contributed by atoms with Gasteiger partial charge in [-0.3, -0.25) is 15.2 Å². The van der Waals surface area contributed by atoms with Gasteiger partial charge in [-0.1, -0.05) is 20.8 Å². The first-order valence-corrected chi connectivity index (χ1v) is 9.51. The van der Waals surface area contributed by atoms with Crippen LogP contribution in [0.1, 0.15) is 51.6 Å². The summed E-state index contributed by atoms with van der Waals surface area (Å²) in [5, 5.41) is 0. The third-order valence-electron chi connectivity index (χ3n) is 5.77. The average Bonchev–Trinajstić information content (AvgIpc) is 3.28. The van der Waals surface area contributed by atoms with Crippen LogP contribution in [0.15, 0.2) is 18.5 Å². The van der Waals surface area contributed by atoms with Crippen LogP contribution < -0.4 is 10.9 Å². The van der Waals surface area contributed by atoms with Gasteiger partial charge in [0.25, 0.3) is 0 Å². The van der Waals surface area contributed by atoms with Crippen LogP contribution in [0.25, 0.3) is 11.2 Å². The van der Waals surface area contributed by atoms with Crippen molar-refractivity contribution < 1.29 is 4.79 Å². The minimum absolute atomic E-state index is 0.114. The Morgan fingerprint density at radius 2 is 1.88 bits per heavy atom. The summed E-state index contributed by atoms with van der Waals surface area (Å²) >= 11 is 0. The van der Waals surface area contributed by atoms with Crippen molar-refractivity contribution in [1.82, 2.24) is 30.7 Å². The number of amides is 1. The first-order valence-electron chi connectivity index (χ1n) is 9.51.